The Morgan fingerprint density at radius 2 is 1.88 bits per heavy atom. The second-order valence-corrected chi connectivity index (χ2v) is 3.77. The molecule has 0 bridgehead atoms. The number of aromatic nitrogens is 1. The van der Waals surface area contributed by atoms with Crippen LogP contribution in [0.2, 0.25) is 0 Å². The predicted octanol–water partition coefficient (Wildman–Crippen LogP) is 3.31. The van der Waals surface area contributed by atoms with Crippen molar-refractivity contribution in [2.45, 2.75) is 0 Å². The molecule has 0 saturated carbocycles. The molecule has 0 aliphatic rings. The van der Waals surface area contributed by atoms with E-state index in [0.717, 1.165) is 23.0 Å². The van der Waals surface area contributed by atoms with Crippen LogP contribution >= 0.6 is 0 Å². The maximum absolute atomic E-state index is 10.7. The molecule has 3 heteroatoms. The van der Waals surface area contributed by atoms with Gasteiger partial charge < -0.3 is 4.52 Å². The maximum Gasteiger partial charge on any atom is 0.174 e. The average molecular weight is 223 g/mol. The Labute approximate surface area is 97.7 Å². The molecular formula is C14H9NO2. The molecule has 1 aromatic heterocycles. The number of nitrogens with zero attached hydrogens (tertiary/aromatic N) is 1. The standard InChI is InChI=1S/C14H9NO2/c16-9-10-6-7-12-13(8-10)15-17-14(12)11-4-2-1-3-5-11/h1-9H. The highest BCUT2D eigenvalue weighted by molar-refractivity contribution is 5.94. The Morgan fingerprint density at radius 3 is 2.65 bits per heavy atom. The van der Waals surface area contributed by atoms with E-state index in [1.165, 1.54) is 0 Å². The lowest BCUT2D eigenvalue weighted by Gasteiger charge is -1.95. The summed E-state index contributed by atoms with van der Waals surface area (Å²) in [4.78, 5) is 10.7. The van der Waals surface area contributed by atoms with Crippen LogP contribution in [0.25, 0.3) is 22.2 Å². The van der Waals surface area contributed by atoms with Gasteiger partial charge in [-0.3, -0.25) is 4.79 Å². The molecule has 3 nitrogen and oxygen atoms in total. The molecular weight excluding hydrogens is 214 g/mol. The second kappa shape index (κ2) is 3.87. The smallest absolute Gasteiger partial charge is 0.174 e. The lowest BCUT2D eigenvalue weighted by atomic mass is 10.1. The first-order chi connectivity index (χ1) is 8.38. The lowest BCUT2D eigenvalue weighted by Crippen LogP contribution is -1.79. The van der Waals surface area contributed by atoms with Crippen LogP contribution in [-0.4, -0.2) is 11.4 Å². The van der Waals surface area contributed by atoms with Crippen molar-refractivity contribution < 1.29 is 9.32 Å². The van der Waals surface area contributed by atoms with Gasteiger partial charge in [-0.1, -0.05) is 41.6 Å². The highest BCUT2D eigenvalue weighted by Gasteiger charge is 2.10. The number of fused-ring (bicyclic) bond motifs is 1. The Balaban J connectivity index is 2.22. The lowest BCUT2D eigenvalue weighted by molar-refractivity contribution is 0.112. The van der Waals surface area contributed by atoms with E-state index in [-0.39, 0.29) is 0 Å². The molecule has 0 spiro atoms. The van der Waals surface area contributed by atoms with Crippen molar-refractivity contribution in [1.82, 2.24) is 5.16 Å². The van der Waals surface area contributed by atoms with E-state index >= 15 is 0 Å². The molecule has 0 unspecified atom stereocenters. The number of rotatable bonds is 2. The van der Waals surface area contributed by atoms with Gasteiger partial charge in [-0.2, -0.15) is 0 Å². The molecule has 2 aromatic carbocycles. The van der Waals surface area contributed by atoms with Gasteiger partial charge in [-0.25, -0.2) is 0 Å². The fourth-order valence-corrected chi connectivity index (χ4v) is 1.83. The van der Waals surface area contributed by atoms with Crippen LogP contribution in [0.4, 0.5) is 0 Å². The van der Waals surface area contributed by atoms with Crippen molar-refractivity contribution in [2.24, 2.45) is 0 Å². The van der Waals surface area contributed by atoms with Crippen LogP contribution in [-0.2, 0) is 0 Å². The fraction of sp³-hybridized carbons (Fsp3) is 0. The van der Waals surface area contributed by atoms with Gasteiger partial charge in [0.15, 0.2) is 5.76 Å². The van der Waals surface area contributed by atoms with Crippen LogP contribution in [0.1, 0.15) is 10.4 Å². The molecule has 3 rings (SSSR count). The van der Waals surface area contributed by atoms with Crippen molar-refractivity contribution in [2.75, 3.05) is 0 Å². The van der Waals surface area contributed by atoms with Crippen LogP contribution in [0, 0.1) is 0 Å². The molecule has 0 saturated heterocycles. The van der Waals surface area contributed by atoms with Crippen molar-refractivity contribution in [3.63, 3.8) is 0 Å². The van der Waals surface area contributed by atoms with E-state index in [9.17, 15) is 4.79 Å². The zero-order valence-corrected chi connectivity index (χ0v) is 8.96. The highest BCUT2D eigenvalue weighted by Crippen LogP contribution is 2.28. The Kier molecular flexibility index (Phi) is 2.22. The summed E-state index contributed by atoms with van der Waals surface area (Å²) in [5, 5.41) is 4.89. The summed E-state index contributed by atoms with van der Waals surface area (Å²) in [6.45, 7) is 0. The van der Waals surface area contributed by atoms with Crippen LogP contribution in [0.5, 0.6) is 0 Å². The van der Waals surface area contributed by atoms with Gasteiger partial charge in [-0.15, -0.1) is 0 Å². The number of carbonyl (C=O) groups excluding carboxylic acids is 1. The zero-order chi connectivity index (χ0) is 11.7. The fourth-order valence-electron chi connectivity index (χ4n) is 1.83. The minimum absolute atomic E-state index is 0.602. The monoisotopic (exact) mass is 223 g/mol. The summed E-state index contributed by atoms with van der Waals surface area (Å²) in [5.74, 6) is 0.734. The molecule has 1 heterocycles. The summed E-state index contributed by atoms with van der Waals surface area (Å²) in [6.07, 6.45) is 0.802. The Hall–Kier alpha value is -2.42. The molecule has 0 radical (unpaired) electrons. The summed E-state index contributed by atoms with van der Waals surface area (Å²) in [7, 11) is 0. The van der Waals surface area contributed by atoms with Crippen molar-refractivity contribution in [3.8, 4) is 11.3 Å². The van der Waals surface area contributed by atoms with Gasteiger partial charge in [0.1, 0.15) is 11.8 Å². The van der Waals surface area contributed by atoms with Gasteiger partial charge in [0.25, 0.3) is 0 Å². The number of benzene rings is 2. The number of hydrogen-bond acceptors (Lipinski definition) is 3. The molecule has 17 heavy (non-hydrogen) atoms. The molecule has 0 aliphatic heterocycles. The Bertz CT molecular complexity index is 671. The first-order valence-electron chi connectivity index (χ1n) is 5.28. The largest absolute Gasteiger partial charge is 0.355 e. The topological polar surface area (TPSA) is 43.1 Å². The quantitative estimate of drug-likeness (QED) is 0.626. The summed E-state index contributed by atoms with van der Waals surface area (Å²) in [5.41, 5.74) is 2.28. The average Bonchev–Trinajstić information content (AvgIpc) is 2.82. The van der Waals surface area contributed by atoms with E-state index < -0.39 is 0 Å². The van der Waals surface area contributed by atoms with Crippen LogP contribution < -0.4 is 0 Å². The summed E-state index contributed by atoms with van der Waals surface area (Å²) >= 11 is 0. The zero-order valence-electron chi connectivity index (χ0n) is 8.96. The minimum Gasteiger partial charge on any atom is -0.355 e. The molecule has 0 amide bonds. The third kappa shape index (κ3) is 1.61. The van der Waals surface area contributed by atoms with Crippen LogP contribution in [0.15, 0.2) is 53.1 Å². The van der Waals surface area contributed by atoms with E-state index in [4.69, 9.17) is 4.52 Å². The number of carbonyl (C=O) groups is 1. The van der Waals surface area contributed by atoms with Gasteiger partial charge in [0.05, 0.1) is 0 Å². The van der Waals surface area contributed by atoms with Crippen molar-refractivity contribution >= 4 is 17.2 Å². The highest BCUT2D eigenvalue weighted by atomic mass is 16.5. The van der Waals surface area contributed by atoms with E-state index in [1.807, 2.05) is 36.4 Å². The third-order valence-electron chi connectivity index (χ3n) is 2.67. The first kappa shape index (κ1) is 9.78. The molecule has 0 fully saturated rings. The van der Waals surface area contributed by atoms with Gasteiger partial charge >= 0.3 is 0 Å². The van der Waals surface area contributed by atoms with Gasteiger partial charge in [-0.05, 0) is 12.1 Å². The van der Waals surface area contributed by atoms with E-state index in [0.29, 0.717) is 11.1 Å². The Morgan fingerprint density at radius 1 is 1.06 bits per heavy atom. The minimum atomic E-state index is 0.602. The van der Waals surface area contributed by atoms with Crippen molar-refractivity contribution in [3.05, 3.63) is 54.1 Å². The van der Waals surface area contributed by atoms with Gasteiger partial charge in [0.2, 0.25) is 0 Å². The van der Waals surface area contributed by atoms with Crippen molar-refractivity contribution in [1.29, 1.82) is 0 Å². The van der Waals surface area contributed by atoms with E-state index in [2.05, 4.69) is 5.16 Å². The first-order valence-corrected chi connectivity index (χ1v) is 5.28. The number of hydrogen-bond donors (Lipinski definition) is 0. The second-order valence-electron chi connectivity index (χ2n) is 3.77. The molecule has 82 valence electrons. The van der Waals surface area contributed by atoms with E-state index in [1.54, 1.807) is 12.1 Å². The summed E-state index contributed by atoms with van der Waals surface area (Å²) in [6, 6.07) is 15.1. The molecule has 3 aromatic rings. The number of aldehydes is 1. The predicted molar refractivity (Wildman–Crippen MR) is 64.8 cm³/mol. The molecule has 0 aliphatic carbocycles. The maximum atomic E-state index is 10.7. The molecule has 0 atom stereocenters. The molecule has 0 N–H and O–H groups in total. The van der Waals surface area contributed by atoms with Gasteiger partial charge in [0, 0.05) is 16.5 Å². The van der Waals surface area contributed by atoms with Crippen LogP contribution in [0.3, 0.4) is 0 Å². The SMILES string of the molecule is O=Cc1ccc2c(-c3ccccc3)onc2c1. The summed E-state index contributed by atoms with van der Waals surface area (Å²) < 4.78 is 5.33. The third-order valence-corrected chi connectivity index (χ3v) is 2.67. The normalized spacial score (nSPS) is 10.6.